The van der Waals surface area contributed by atoms with E-state index in [9.17, 15) is 0 Å². The van der Waals surface area contributed by atoms with Gasteiger partial charge in [-0.25, -0.2) is 15.0 Å². The number of anilines is 2. The van der Waals surface area contributed by atoms with Crippen LogP contribution in [0.2, 0.25) is 0 Å². The van der Waals surface area contributed by atoms with Gasteiger partial charge >= 0.3 is 0 Å². The molecule has 0 radical (unpaired) electrons. The van der Waals surface area contributed by atoms with E-state index >= 15 is 0 Å². The smallest absolute Gasteiger partial charge is 0.156 e. The summed E-state index contributed by atoms with van der Waals surface area (Å²) in [7, 11) is 0. The van der Waals surface area contributed by atoms with Gasteiger partial charge in [0.25, 0.3) is 0 Å². The lowest BCUT2D eigenvalue weighted by Gasteiger charge is -2.42. The van der Waals surface area contributed by atoms with Crippen LogP contribution in [0.1, 0.15) is 53.5 Å². The molecule has 39 heavy (non-hydrogen) atoms. The number of aromatic amines is 1. The van der Waals surface area contributed by atoms with Crippen LogP contribution < -0.4 is 15.5 Å². The van der Waals surface area contributed by atoms with E-state index in [0.29, 0.717) is 6.54 Å². The first kappa shape index (κ1) is 22.8. The van der Waals surface area contributed by atoms with Crippen LogP contribution in [0.15, 0.2) is 59.9 Å². The molecule has 0 saturated carbocycles. The maximum atomic E-state index is 6.79. The van der Waals surface area contributed by atoms with Crippen LogP contribution in [0.25, 0.3) is 11.4 Å². The number of pyridine rings is 1. The van der Waals surface area contributed by atoms with Crippen LogP contribution in [-0.4, -0.2) is 50.6 Å². The highest BCUT2D eigenvalue weighted by molar-refractivity contribution is 6.11. The lowest BCUT2D eigenvalue weighted by atomic mass is 9.73. The number of hydrogen-bond donors (Lipinski definition) is 2. The second kappa shape index (κ2) is 8.71. The number of nitrogens with zero attached hydrogens (tertiary/aromatic N) is 7. The normalized spacial score (nSPS) is 21.1. The number of aryl methyl sites for hydroxylation is 1. The number of piperidine rings is 1. The second-order valence-electron chi connectivity index (χ2n) is 11.3. The zero-order valence-corrected chi connectivity index (χ0v) is 21.8. The third kappa shape index (κ3) is 3.60. The van der Waals surface area contributed by atoms with E-state index < -0.39 is 0 Å². The Morgan fingerprint density at radius 2 is 1.87 bits per heavy atom. The average molecular weight is 518 g/mol. The van der Waals surface area contributed by atoms with Crippen LogP contribution in [0, 0.1) is 5.41 Å². The van der Waals surface area contributed by atoms with Gasteiger partial charge in [0.05, 0.1) is 41.2 Å². The number of aliphatic imine (C=N–C) groups is 1. The average Bonchev–Trinajstić information content (AvgIpc) is 3.72. The fraction of sp³-hybridized carbons (Fsp3) is 0.367. The summed E-state index contributed by atoms with van der Waals surface area (Å²) >= 11 is 0. The molecule has 3 aliphatic heterocycles. The molecule has 1 aliphatic carbocycles. The van der Waals surface area contributed by atoms with Gasteiger partial charge < -0.3 is 15.5 Å². The Labute approximate surface area is 227 Å². The van der Waals surface area contributed by atoms with Gasteiger partial charge in [-0.3, -0.25) is 10.1 Å². The maximum absolute atomic E-state index is 6.79. The molecule has 1 atom stereocenters. The molecule has 1 aromatic carbocycles. The van der Waals surface area contributed by atoms with Crippen LogP contribution in [0.5, 0.6) is 0 Å². The third-order valence-corrected chi connectivity index (χ3v) is 9.17. The predicted octanol–water partition coefficient (Wildman–Crippen LogP) is 3.82. The number of rotatable bonds is 2. The fourth-order valence-corrected chi connectivity index (χ4v) is 7.01. The van der Waals surface area contributed by atoms with Gasteiger partial charge in [0.1, 0.15) is 11.5 Å². The zero-order chi connectivity index (χ0) is 26.0. The quantitative estimate of drug-likeness (QED) is 0.416. The molecule has 1 spiro atoms. The topological polar surface area (TPSA) is 112 Å². The van der Waals surface area contributed by atoms with E-state index in [1.807, 2.05) is 18.3 Å². The molecule has 1 fully saturated rings. The lowest BCUT2D eigenvalue weighted by molar-refractivity contribution is 0.187. The van der Waals surface area contributed by atoms with Crippen molar-refractivity contribution in [2.75, 3.05) is 29.4 Å². The molecule has 3 N–H and O–H groups in total. The van der Waals surface area contributed by atoms with Crippen LogP contribution >= 0.6 is 0 Å². The number of benzene rings is 1. The van der Waals surface area contributed by atoms with Gasteiger partial charge in [-0.15, -0.1) is 0 Å². The van der Waals surface area contributed by atoms with Crippen molar-refractivity contribution in [1.82, 2.24) is 25.1 Å². The fourth-order valence-electron chi connectivity index (χ4n) is 7.01. The van der Waals surface area contributed by atoms with Crippen molar-refractivity contribution in [2.45, 2.75) is 44.7 Å². The largest absolute Gasteiger partial charge is 0.355 e. The zero-order valence-electron chi connectivity index (χ0n) is 21.8. The Morgan fingerprint density at radius 3 is 2.72 bits per heavy atom. The lowest BCUT2D eigenvalue weighted by Crippen LogP contribution is -2.44. The molecule has 8 rings (SSSR count). The summed E-state index contributed by atoms with van der Waals surface area (Å²) in [5, 5.41) is 7.08. The molecule has 0 unspecified atom stereocenters. The summed E-state index contributed by atoms with van der Waals surface area (Å²) in [6, 6.07) is 15.0. The summed E-state index contributed by atoms with van der Waals surface area (Å²) in [6.45, 7) is 3.37. The van der Waals surface area contributed by atoms with Crippen molar-refractivity contribution in [2.24, 2.45) is 16.1 Å². The van der Waals surface area contributed by atoms with E-state index in [1.165, 1.54) is 11.1 Å². The Balaban J connectivity index is 1.01. The second-order valence-corrected chi connectivity index (χ2v) is 11.3. The standard InChI is InChI=1S/C30H31N9/c31-28-20-5-2-1-4-19(20)16-30(28)10-14-38(15-11-30)26-18-32-27-24(36-26)17-33-29(27)39-13-3-6-23-25(39)8-7-21(35-23)22-9-12-34-37-22/h1-2,4-5,7-9,12,18,28H,3,6,10-11,13-17,31H2,(H,34,37)/t28-/m1/s1. The summed E-state index contributed by atoms with van der Waals surface area (Å²) in [6.07, 6.45) is 8.89. The minimum atomic E-state index is 0.121. The van der Waals surface area contributed by atoms with Gasteiger partial charge in [-0.2, -0.15) is 5.10 Å². The van der Waals surface area contributed by atoms with E-state index in [-0.39, 0.29) is 11.5 Å². The molecule has 9 heteroatoms. The Kier molecular flexibility index (Phi) is 5.10. The first-order chi connectivity index (χ1) is 19.2. The molecular weight excluding hydrogens is 486 g/mol. The number of hydrogen-bond acceptors (Lipinski definition) is 8. The molecule has 4 aliphatic rings. The van der Waals surface area contributed by atoms with Crippen molar-refractivity contribution in [1.29, 1.82) is 0 Å². The highest BCUT2D eigenvalue weighted by Crippen LogP contribution is 2.51. The highest BCUT2D eigenvalue weighted by atomic mass is 15.3. The molecule has 6 heterocycles. The molecule has 0 bridgehead atoms. The molecule has 9 nitrogen and oxygen atoms in total. The highest BCUT2D eigenvalue weighted by Gasteiger charge is 2.46. The molecule has 0 amide bonds. The van der Waals surface area contributed by atoms with Crippen molar-refractivity contribution in [3.05, 3.63) is 83.1 Å². The van der Waals surface area contributed by atoms with Gasteiger partial charge in [0, 0.05) is 31.9 Å². The van der Waals surface area contributed by atoms with E-state index in [0.717, 1.165) is 97.5 Å². The van der Waals surface area contributed by atoms with Crippen LogP contribution in [-0.2, 0) is 19.4 Å². The molecule has 1 saturated heterocycles. The third-order valence-electron chi connectivity index (χ3n) is 9.17. The van der Waals surface area contributed by atoms with Crippen LogP contribution in [0.4, 0.5) is 11.5 Å². The van der Waals surface area contributed by atoms with Gasteiger partial charge in [-0.05, 0) is 66.8 Å². The molecular formula is C30H31N9. The molecule has 3 aromatic heterocycles. The van der Waals surface area contributed by atoms with Crippen molar-refractivity contribution >= 4 is 17.3 Å². The van der Waals surface area contributed by atoms with Crippen LogP contribution in [0.3, 0.4) is 0 Å². The maximum Gasteiger partial charge on any atom is 0.156 e. The summed E-state index contributed by atoms with van der Waals surface area (Å²) in [5.74, 6) is 1.86. The van der Waals surface area contributed by atoms with Crippen molar-refractivity contribution in [3.63, 3.8) is 0 Å². The SMILES string of the molecule is N[C@@H]1c2ccccc2CC12CCN(c1cnc3c(n1)CN=C3N1CCCc3nc(-c4ccn[nH]4)ccc31)CC2. The van der Waals surface area contributed by atoms with Gasteiger partial charge in [-0.1, -0.05) is 24.3 Å². The summed E-state index contributed by atoms with van der Waals surface area (Å²) in [4.78, 5) is 24.5. The van der Waals surface area contributed by atoms with Gasteiger partial charge in [0.15, 0.2) is 5.84 Å². The monoisotopic (exact) mass is 517 g/mol. The first-order valence-corrected chi connectivity index (χ1v) is 13.9. The minimum Gasteiger partial charge on any atom is -0.355 e. The number of nitrogens with two attached hydrogens (primary N) is 1. The first-order valence-electron chi connectivity index (χ1n) is 13.9. The van der Waals surface area contributed by atoms with E-state index in [1.54, 1.807) is 6.20 Å². The number of amidine groups is 1. The predicted molar refractivity (Wildman–Crippen MR) is 151 cm³/mol. The number of H-pyrrole nitrogens is 1. The van der Waals surface area contributed by atoms with Gasteiger partial charge in [0.2, 0.25) is 0 Å². The van der Waals surface area contributed by atoms with E-state index in [4.69, 9.17) is 25.7 Å². The summed E-state index contributed by atoms with van der Waals surface area (Å²) in [5.41, 5.74) is 15.6. The number of nitrogens with one attached hydrogen (secondary N) is 1. The Bertz CT molecular complexity index is 1580. The molecule has 196 valence electrons. The van der Waals surface area contributed by atoms with Crippen molar-refractivity contribution < 1.29 is 0 Å². The Hall–Kier alpha value is -4.11. The minimum absolute atomic E-state index is 0.121. The number of aromatic nitrogens is 5. The number of fused-ring (bicyclic) bond motifs is 3. The van der Waals surface area contributed by atoms with E-state index in [2.05, 4.69) is 50.3 Å². The Morgan fingerprint density at radius 1 is 0.974 bits per heavy atom. The summed E-state index contributed by atoms with van der Waals surface area (Å²) < 4.78 is 0. The van der Waals surface area contributed by atoms with Crippen molar-refractivity contribution in [3.8, 4) is 11.4 Å². The molecule has 4 aromatic rings.